The van der Waals surface area contributed by atoms with Crippen LogP contribution in [0.1, 0.15) is 11.1 Å². The molecule has 0 radical (unpaired) electrons. The van der Waals surface area contributed by atoms with Gasteiger partial charge in [0.15, 0.2) is 0 Å². The molecular weight excluding hydrogens is 440 g/mol. The van der Waals surface area contributed by atoms with Crippen LogP contribution in [0.3, 0.4) is 0 Å². The zero-order valence-electron chi connectivity index (χ0n) is 16.6. The van der Waals surface area contributed by atoms with Crippen LogP contribution in [-0.2, 0) is 4.79 Å². The molecule has 1 N–H and O–H groups in total. The Morgan fingerprint density at radius 3 is 2.65 bits per heavy atom. The third-order valence-electron chi connectivity index (χ3n) is 4.30. The highest BCUT2D eigenvalue weighted by Crippen LogP contribution is 2.34. The summed E-state index contributed by atoms with van der Waals surface area (Å²) in [7, 11) is 0. The van der Waals surface area contributed by atoms with E-state index in [9.17, 15) is 19.7 Å². The number of hydrogen-bond acceptors (Lipinski definition) is 8. The number of imide groups is 1. The monoisotopic (exact) mass is 460 g/mol. The predicted octanol–water partition coefficient (Wildman–Crippen LogP) is 4.10. The Morgan fingerprint density at radius 1 is 1.23 bits per heavy atom. The topological polar surface area (TPSA) is 110 Å². The number of aliphatic hydroxyl groups is 1. The van der Waals surface area contributed by atoms with Crippen molar-refractivity contribution >= 4 is 46.4 Å². The van der Waals surface area contributed by atoms with Crippen molar-refractivity contribution in [3.8, 4) is 5.75 Å². The van der Waals surface area contributed by atoms with Crippen LogP contribution in [0.15, 0.2) is 52.3 Å². The molecule has 2 aromatic rings. The third kappa shape index (κ3) is 5.87. The number of nitrogens with zero attached hydrogens (tertiary/aromatic N) is 2. The average Bonchev–Trinajstić information content (AvgIpc) is 3.01. The summed E-state index contributed by atoms with van der Waals surface area (Å²) in [5, 5.41) is 19.9. The molecular formula is C21H20N2O6S2. The summed E-state index contributed by atoms with van der Waals surface area (Å²) < 4.78 is 5.59. The number of aliphatic hydroxyl groups excluding tert-OH is 1. The van der Waals surface area contributed by atoms with E-state index in [1.807, 2.05) is 31.2 Å². The molecule has 1 fully saturated rings. The standard InChI is InChI=1S/C21H20N2O6S2/c1-14-2-5-16(6-3-14)29-10-8-22-20(25)19(31-21(22)26)13-15-4-7-18(30-11-9-24)17(12-15)23(27)28/h2-7,12-13,24H,8-11H2,1H3/b19-13-. The third-order valence-corrected chi connectivity index (χ3v) is 6.25. The molecule has 2 amide bonds. The number of nitro groups is 1. The Morgan fingerprint density at radius 2 is 1.97 bits per heavy atom. The lowest BCUT2D eigenvalue weighted by Gasteiger charge is -2.13. The van der Waals surface area contributed by atoms with Crippen molar-refractivity contribution in [1.29, 1.82) is 0 Å². The van der Waals surface area contributed by atoms with E-state index in [2.05, 4.69) is 0 Å². The van der Waals surface area contributed by atoms with Gasteiger partial charge in [-0.2, -0.15) is 0 Å². The predicted molar refractivity (Wildman–Crippen MR) is 120 cm³/mol. The maximum atomic E-state index is 12.6. The van der Waals surface area contributed by atoms with Crippen LogP contribution in [0.2, 0.25) is 0 Å². The number of carbonyl (C=O) groups excluding carboxylic acids is 2. The Labute approximate surface area is 187 Å². The number of ether oxygens (including phenoxy) is 1. The van der Waals surface area contributed by atoms with Crippen molar-refractivity contribution in [2.45, 2.75) is 11.8 Å². The van der Waals surface area contributed by atoms with Gasteiger partial charge in [0.25, 0.3) is 16.8 Å². The van der Waals surface area contributed by atoms with E-state index in [4.69, 9.17) is 9.84 Å². The second-order valence-electron chi connectivity index (χ2n) is 6.55. The van der Waals surface area contributed by atoms with Crippen LogP contribution >= 0.6 is 23.5 Å². The zero-order chi connectivity index (χ0) is 22.4. The summed E-state index contributed by atoms with van der Waals surface area (Å²) in [5.74, 6) is 0.535. The minimum atomic E-state index is -0.509. The van der Waals surface area contributed by atoms with E-state index in [1.54, 1.807) is 12.1 Å². The Kier molecular flexibility index (Phi) is 7.72. The number of carbonyl (C=O) groups is 2. The fourth-order valence-corrected chi connectivity index (χ4v) is 4.40. The van der Waals surface area contributed by atoms with Crippen LogP contribution in [0.4, 0.5) is 10.5 Å². The van der Waals surface area contributed by atoms with Gasteiger partial charge < -0.3 is 9.84 Å². The molecule has 0 unspecified atom stereocenters. The van der Waals surface area contributed by atoms with E-state index >= 15 is 0 Å². The number of hydrogen-bond donors (Lipinski definition) is 1. The molecule has 0 aliphatic carbocycles. The highest BCUT2D eigenvalue weighted by atomic mass is 32.2. The highest BCUT2D eigenvalue weighted by Gasteiger charge is 2.35. The highest BCUT2D eigenvalue weighted by molar-refractivity contribution is 8.18. The minimum Gasteiger partial charge on any atom is -0.492 e. The average molecular weight is 461 g/mol. The number of rotatable bonds is 9. The van der Waals surface area contributed by atoms with Gasteiger partial charge in [0.1, 0.15) is 12.4 Å². The van der Waals surface area contributed by atoms with Gasteiger partial charge in [-0.3, -0.25) is 24.6 Å². The summed E-state index contributed by atoms with van der Waals surface area (Å²) in [6.45, 7) is 2.14. The molecule has 0 saturated carbocycles. The van der Waals surface area contributed by atoms with Gasteiger partial charge in [-0.05, 0) is 48.5 Å². The first-order chi connectivity index (χ1) is 14.9. The van der Waals surface area contributed by atoms with Crippen molar-refractivity contribution in [2.75, 3.05) is 25.5 Å². The first kappa shape index (κ1) is 22.9. The van der Waals surface area contributed by atoms with Crippen LogP contribution in [0.5, 0.6) is 5.75 Å². The molecule has 1 saturated heterocycles. The maximum Gasteiger partial charge on any atom is 0.293 e. The number of amides is 2. The van der Waals surface area contributed by atoms with Crippen molar-refractivity contribution in [3.05, 3.63) is 68.6 Å². The van der Waals surface area contributed by atoms with Crippen LogP contribution < -0.4 is 4.74 Å². The number of benzene rings is 2. The quantitative estimate of drug-likeness (QED) is 0.258. The fourth-order valence-electron chi connectivity index (χ4n) is 2.78. The van der Waals surface area contributed by atoms with Gasteiger partial charge in [0.2, 0.25) is 0 Å². The van der Waals surface area contributed by atoms with Gasteiger partial charge in [0, 0.05) is 11.8 Å². The van der Waals surface area contributed by atoms with Gasteiger partial charge in [-0.25, -0.2) is 0 Å². The number of nitro benzene ring substituents is 1. The van der Waals surface area contributed by atoms with Crippen LogP contribution in [0.25, 0.3) is 6.08 Å². The first-order valence-corrected chi connectivity index (χ1v) is 11.2. The largest absolute Gasteiger partial charge is 0.492 e. The van der Waals surface area contributed by atoms with Crippen LogP contribution in [0, 0.1) is 17.0 Å². The van der Waals surface area contributed by atoms with Gasteiger partial charge in [-0.15, -0.1) is 11.8 Å². The number of thioether (sulfide) groups is 2. The van der Waals surface area contributed by atoms with E-state index in [0.29, 0.717) is 22.0 Å². The summed E-state index contributed by atoms with van der Waals surface area (Å²) in [6.07, 6.45) is 1.47. The zero-order valence-corrected chi connectivity index (χ0v) is 18.3. The molecule has 162 valence electrons. The summed E-state index contributed by atoms with van der Waals surface area (Å²) >= 11 is 1.97. The number of aryl methyl sites for hydroxylation is 1. The van der Waals surface area contributed by atoms with Crippen molar-refractivity contribution < 1.29 is 24.4 Å². The first-order valence-electron chi connectivity index (χ1n) is 9.36. The van der Waals surface area contributed by atoms with Gasteiger partial charge >= 0.3 is 0 Å². The fraction of sp³-hybridized carbons (Fsp3) is 0.238. The summed E-state index contributed by atoms with van der Waals surface area (Å²) in [6, 6.07) is 12.0. The Hall–Kier alpha value is -2.82. The molecule has 1 heterocycles. The van der Waals surface area contributed by atoms with Crippen molar-refractivity contribution in [2.24, 2.45) is 0 Å². The van der Waals surface area contributed by atoms with Crippen molar-refractivity contribution in [1.82, 2.24) is 4.90 Å². The lowest BCUT2D eigenvalue weighted by atomic mass is 10.2. The molecule has 10 heteroatoms. The molecule has 1 aliphatic heterocycles. The molecule has 0 atom stereocenters. The van der Waals surface area contributed by atoms with E-state index in [1.165, 1.54) is 23.9 Å². The van der Waals surface area contributed by atoms with E-state index in [-0.39, 0.29) is 30.4 Å². The smallest absolute Gasteiger partial charge is 0.293 e. The summed E-state index contributed by atoms with van der Waals surface area (Å²) in [4.78, 5) is 37.5. The molecule has 0 aromatic heterocycles. The van der Waals surface area contributed by atoms with E-state index < -0.39 is 16.1 Å². The normalized spacial score (nSPS) is 15.0. The second kappa shape index (κ2) is 10.5. The molecule has 1 aliphatic rings. The lowest BCUT2D eigenvalue weighted by molar-refractivity contribution is -0.387. The molecule has 2 aromatic carbocycles. The molecule has 31 heavy (non-hydrogen) atoms. The van der Waals surface area contributed by atoms with Crippen LogP contribution in [-0.4, -0.2) is 51.6 Å². The Balaban J connectivity index is 1.68. The SMILES string of the molecule is Cc1ccc(OCCN2C(=O)S/C(=C\c3ccc(SCCO)c([N+](=O)[O-])c3)C2=O)cc1. The maximum absolute atomic E-state index is 12.6. The molecule has 0 bridgehead atoms. The van der Waals surface area contributed by atoms with E-state index in [0.717, 1.165) is 22.2 Å². The lowest BCUT2D eigenvalue weighted by Crippen LogP contribution is -2.32. The summed E-state index contributed by atoms with van der Waals surface area (Å²) in [5.41, 5.74) is 1.43. The van der Waals surface area contributed by atoms with Crippen molar-refractivity contribution in [3.63, 3.8) is 0 Å². The minimum absolute atomic E-state index is 0.0929. The molecule has 8 nitrogen and oxygen atoms in total. The molecule has 0 spiro atoms. The molecule has 3 rings (SSSR count). The van der Waals surface area contributed by atoms with Gasteiger partial charge in [0.05, 0.1) is 27.9 Å². The second-order valence-corrected chi connectivity index (χ2v) is 8.68. The van der Waals surface area contributed by atoms with Gasteiger partial charge in [-0.1, -0.05) is 23.8 Å². The Bertz CT molecular complexity index is 1020.